The van der Waals surface area contributed by atoms with Gasteiger partial charge in [0.25, 0.3) is 0 Å². The molecule has 5 nitrogen and oxygen atoms in total. The first-order chi connectivity index (χ1) is 14.1. The number of aliphatic hydroxyl groups excluding tert-OH is 1. The van der Waals surface area contributed by atoms with Gasteiger partial charge in [0.1, 0.15) is 18.5 Å². The molecule has 0 amide bonds. The summed E-state index contributed by atoms with van der Waals surface area (Å²) in [6, 6.07) is 17.4. The molecule has 0 heterocycles. The Morgan fingerprint density at radius 1 is 0.931 bits per heavy atom. The molecule has 0 aromatic heterocycles. The Labute approximate surface area is 179 Å². The van der Waals surface area contributed by atoms with Crippen LogP contribution in [0.1, 0.15) is 19.4 Å². The van der Waals surface area contributed by atoms with Crippen LogP contribution in [0.2, 0.25) is 5.02 Å². The minimum absolute atomic E-state index is 0.206. The van der Waals surface area contributed by atoms with Gasteiger partial charge in [-0.1, -0.05) is 41.9 Å². The van der Waals surface area contributed by atoms with Crippen molar-refractivity contribution in [3.05, 3.63) is 65.2 Å². The zero-order valence-corrected chi connectivity index (χ0v) is 18.1. The Kier molecular flexibility index (Phi) is 11.1. The van der Waals surface area contributed by atoms with Crippen molar-refractivity contribution in [3.63, 3.8) is 0 Å². The van der Waals surface area contributed by atoms with E-state index in [0.29, 0.717) is 37.1 Å². The van der Waals surface area contributed by atoms with Crippen LogP contribution in [0.4, 0.5) is 0 Å². The SMILES string of the molecule is CCOC(CN(CCc1ccccc1)CC(O)COc1ccc(Cl)cc1)OCC. The molecular formula is C23H32ClNO4. The monoisotopic (exact) mass is 421 g/mol. The maximum atomic E-state index is 10.5. The first-order valence-corrected chi connectivity index (χ1v) is 10.5. The summed E-state index contributed by atoms with van der Waals surface area (Å²) in [5.74, 6) is 0.686. The molecule has 2 rings (SSSR count). The second-order valence-corrected chi connectivity index (χ2v) is 7.19. The van der Waals surface area contributed by atoms with Crippen LogP contribution in [0.3, 0.4) is 0 Å². The van der Waals surface area contributed by atoms with Crippen LogP contribution in [-0.4, -0.2) is 61.9 Å². The predicted molar refractivity (Wildman–Crippen MR) is 117 cm³/mol. The van der Waals surface area contributed by atoms with Crippen LogP contribution in [0.15, 0.2) is 54.6 Å². The number of benzene rings is 2. The topological polar surface area (TPSA) is 51.2 Å². The summed E-state index contributed by atoms with van der Waals surface area (Å²) >= 11 is 5.89. The molecule has 0 spiro atoms. The number of hydrogen-bond donors (Lipinski definition) is 1. The van der Waals surface area contributed by atoms with Crippen LogP contribution in [-0.2, 0) is 15.9 Å². The third kappa shape index (κ3) is 9.61. The lowest BCUT2D eigenvalue weighted by atomic mass is 10.1. The molecule has 2 aromatic rings. The summed E-state index contributed by atoms with van der Waals surface area (Å²) in [7, 11) is 0. The predicted octanol–water partition coefficient (Wildman–Crippen LogP) is 4.02. The van der Waals surface area contributed by atoms with Crippen molar-refractivity contribution in [1.82, 2.24) is 4.90 Å². The molecule has 0 saturated carbocycles. The third-order valence-electron chi connectivity index (χ3n) is 4.40. The van der Waals surface area contributed by atoms with E-state index in [1.807, 2.05) is 32.0 Å². The Hall–Kier alpha value is -1.63. The standard InChI is InChI=1S/C23H32ClNO4/c1-3-27-23(28-4-2)17-25(15-14-19-8-6-5-7-9-19)16-21(26)18-29-22-12-10-20(24)11-13-22/h5-13,21,23,26H,3-4,14-18H2,1-2H3. The molecule has 0 aliphatic carbocycles. The van der Waals surface area contributed by atoms with E-state index in [2.05, 4.69) is 17.0 Å². The molecule has 0 aliphatic heterocycles. The Morgan fingerprint density at radius 3 is 2.21 bits per heavy atom. The molecule has 1 unspecified atom stereocenters. The van der Waals surface area contributed by atoms with Gasteiger partial charge in [0.05, 0.1) is 0 Å². The van der Waals surface area contributed by atoms with Crippen molar-refractivity contribution in [2.24, 2.45) is 0 Å². The fraction of sp³-hybridized carbons (Fsp3) is 0.478. The molecule has 29 heavy (non-hydrogen) atoms. The fourth-order valence-electron chi connectivity index (χ4n) is 3.00. The summed E-state index contributed by atoms with van der Waals surface area (Å²) in [6.07, 6.45) is -0.0631. The van der Waals surface area contributed by atoms with Gasteiger partial charge < -0.3 is 19.3 Å². The van der Waals surface area contributed by atoms with Gasteiger partial charge in [-0.05, 0) is 50.1 Å². The summed E-state index contributed by atoms with van der Waals surface area (Å²) in [5, 5.41) is 11.2. The van der Waals surface area contributed by atoms with E-state index in [-0.39, 0.29) is 12.9 Å². The van der Waals surface area contributed by atoms with E-state index in [9.17, 15) is 5.11 Å². The smallest absolute Gasteiger partial charge is 0.170 e. The summed E-state index contributed by atoms with van der Waals surface area (Å²) < 4.78 is 17.1. The highest BCUT2D eigenvalue weighted by Crippen LogP contribution is 2.16. The van der Waals surface area contributed by atoms with E-state index in [1.165, 1.54) is 5.56 Å². The molecule has 0 fully saturated rings. The Morgan fingerprint density at radius 2 is 1.59 bits per heavy atom. The zero-order chi connectivity index (χ0) is 20.9. The largest absolute Gasteiger partial charge is 0.491 e. The Bertz CT molecular complexity index is 662. The molecular weight excluding hydrogens is 390 g/mol. The molecule has 2 aromatic carbocycles. The summed E-state index contributed by atoms with van der Waals surface area (Å²) in [4.78, 5) is 2.17. The van der Waals surface area contributed by atoms with Gasteiger partial charge in [-0.25, -0.2) is 0 Å². The fourth-order valence-corrected chi connectivity index (χ4v) is 3.13. The van der Waals surface area contributed by atoms with E-state index >= 15 is 0 Å². The second-order valence-electron chi connectivity index (χ2n) is 6.75. The van der Waals surface area contributed by atoms with E-state index < -0.39 is 6.10 Å². The molecule has 0 aliphatic rings. The highest BCUT2D eigenvalue weighted by atomic mass is 35.5. The van der Waals surface area contributed by atoms with Crippen molar-refractivity contribution in [2.45, 2.75) is 32.7 Å². The minimum atomic E-state index is -0.634. The molecule has 0 radical (unpaired) electrons. The first kappa shape index (κ1) is 23.6. The molecule has 6 heteroatoms. The molecule has 0 bridgehead atoms. The normalized spacial score (nSPS) is 12.5. The summed E-state index contributed by atoms with van der Waals surface area (Å²) in [6.45, 7) is 7.13. The molecule has 160 valence electrons. The van der Waals surface area contributed by atoms with E-state index in [0.717, 1.165) is 13.0 Å². The number of ether oxygens (including phenoxy) is 3. The lowest BCUT2D eigenvalue weighted by Gasteiger charge is -2.29. The Balaban J connectivity index is 1.91. The molecule has 1 N–H and O–H groups in total. The van der Waals surface area contributed by atoms with Gasteiger partial charge in [-0.2, -0.15) is 0 Å². The lowest BCUT2D eigenvalue weighted by Crippen LogP contribution is -2.42. The average molecular weight is 422 g/mol. The van der Waals surface area contributed by atoms with Crippen LogP contribution in [0, 0.1) is 0 Å². The van der Waals surface area contributed by atoms with Gasteiger partial charge in [-0.15, -0.1) is 0 Å². The van der Waals surface area contributed by atoms with Gasteiger partial charge in [-0.3, -0.25) is 4.90 Å². The van der Waals surface area contributed by atoms with Crippen LogP contribution in [0.25, 0.3) is 0 Å². The van der Waals surface area contributed by atoms with Crippen molar-refractivity contribution in [1.29, 1.82) is 0 Å². The zero-order valence-electron chi connectivity index (χ0n) is 17.3. The molecule has 0 saturated heterocycles. The maximum Gasteiger partial charge on any atom is 0.170 e. The quantitative estimate of drug-likeness (QED) is 0.467. The van der Waals surface area contributed by atoms with Gasteiger partial charge in [0.2, 0.25) is 0 Å². The second kappa shape index (κ2) is 13.6. The number of nitrogens with zero attached hydrogens (tertiary/aromatic N) is 1. The van der Waals surface area contributed by atoms with Crippen molar-refractivity contribution < 1.29 is 19.3 Å². The minimum Gasteiger partial charge on any atom is -0.491 e. The van der Waals surface area contributed by atoms with Crippen LogP contribution < -0.4 is 4.74 Å². The van der Waals surface area contributed by atoms with Crippen LogP contribution in [0.5, 0.6) is 5.75 Å². The highest BCUT2D eigenvalue weighted by Gasteiger charge is 2.18. The maximum absolute atomic E-state index is 10.5. The lowest BCUT2D eigenvalue weighted by molar-refractivity contribution is -0.149. The van der Waals surface area contributed by atoms with Crippen molar-refractivity contribution >= 4 is 11.6 Å². The number of rotatable bonds is 14. The molecule has 1 atom stereocenters. The van der Waals surface area contributed by atoms with Gasteiger partial charge in [0, 0.05) is 37.9 Å². The van der Waals surface area contributed by atoms with Crippen molar-refractivity contribution in [2.75, 3.05) is 39.5 Å². The van der Waals surface area contributed by atoms with Gasteiger partial charge >= 0.3 is 0 Å². The summed E-state index contributed by atoms with van der Waals surface area (Å²) in [5.41, 5.74) is 1.26. The third-order valence-corrected chi connectivity index (χ3v) is 4.65. The van der Waals surface area contributed by atoms with E-state index in [1.54, 1.807) is 24.3 Å². The average Bonchev–Trinajstić information content (AvgIpc) is 2.73. The van der Waals surface area contributed by atoms with E-state index in [4.69, 9.17) is 25.8 Å². The highest BCUT2D eigenvalue weighted by molar-refractivity contribution is 6.30. The van der Waals surface area contributed by atoms with Crippen molar-refractivity contribution in [3.8, 4) is 5.75 Å². The van der Waals surface area contributed by atoms with Gasteiger partial charge in [0.15, 0.2) is 6.29 Å². The number of aliphatic hydroxyl groups is 1. The first-order valence-electron chi connectivity index (χ1n) is 10.2. The number of halogens is 1. The number of hydrogen-bond acceptors (Lipinski definition) is 5. The van der Waals surface area contributed by atoms with Crippen LogP contribution >= 0.6 is 11.6 Å².